The fourth-order valence-electron chi connectivity index (χ4n) is 3.14. The van der Waals surface area contributed by atoms with Crippen LogP contribution in [0.4, 0.5) is 11.4 Å². The summed E-state index contributed by atoms with van der Waals surface area (Å²) in [7, 11) is 0. The molecule has 132 valence electrons. The van der Waals surface area contributed by atoms with Crippen LogP contribution in [0.3, 0.4) is 0 Å². The summed E-state index contributed by atoms with van der Waals surface area (Å²) in [4.78, 5) is 28.9. The molecule has 4 N–H and O–H groups in total. The number of nitrogens with zero attached hydrogens (tertiary/aromatic N) is 1. The molecule has 0 aliphatic carbocycles. The molecule has 25 heavy (non-hydrogen) atoms. The zero-order valence-electron chi connectivity index (χ0n) is 14.3. The van der Waals surface area contributed by atoms with Gasteiger partial charge in [-0.1, -0.05) is 30.3 Å². The van der Waals surface area contributed by atoms with Gasteiger partial charge < -0.3 is 20.9 Å². The molecule has 0 atom stereocenters. The van der Waals surface area contributed by atoms with Gasteiger partial charge in [0.05, 0.1) is 12.1 Å². The maximum Gasteiger partial charge on any atom is 0.273 e. The van der Waals surface area contributed by atoms with Crippen LogP contribution in [0.1, 0.15) is 30.4 Å². The molecule has 1 aromatic carbocycles. The van der Waals surface area contributed by atoms with Crippen LogP contribution in [0.15, 0.2) is 41.3 Å². The van der Waals surface area contributed by atoms with Gasteiger partial charge in [0, 0.05) is 31.4 Å². The molecule has 2 heterocycles. The second-order valence-corrected chi connectivity index (χ2v) is 6.39. The van der Waals surface area contributed by atoms with Crippen LogP contribution >= 0.6 is 0 Å². The van der Waals surface area contributed by atoms with Gasteiger partial charge in [0.1, 0.15) is 5.69 Å². The molecule has 0 radical (unpaired) electrons. The summed E-state index contributed by atoms with van der Waals surface area (Å²) < 4.78 is 0. The number of amides is 1. The van der Waals surface area contributed by atoms with Crippen molar-refractivity contribution in [3.05, 3.63) is 58.0 Å². The molecule has 3 rings (SSSR count). The molecule has 0 bridgehead atoms. The topological polar surface area (TPSA) is 91.2 Å². The predicted molar refractivity (Wildman–Crippen MR) is 99.4 cm³/mol. The number of hydrogen-bond donors (Lipinski definition) is 3. The largest absolute Gasteiger partial charge is 0.393 e. The first-order valence-electron chi connectivity index (χ1n) is 8.71. The molecule has 1 fully saturated rings. The van der Waals surface area contributed by atoms with Crippen LogP contribution in [0.5, 0.6) is 0 Å². The van der Waals surface area contributed by atoms with E-state index in [1.54, 1.807) is 6.20 Å². The number of hydrogen-bond acceptors (Lipinski definition) is 4. The lowest BCUT2D eigenvalue weighted by atomic mass is 10.1. The van der Waals surface area contributed by atoms with E-state index in [0.717, 1.165) is 37.1 Å². The summed E-state index contributed by atoms with van der Waals surface area (Å²) in [6.07, 6.45) is 5.11. The highest BCUT2D eigenvalue weighted by molar-refractivity contribution is 5.82. The lowest BCUT2D eigenvalue weighted by Crippen LogP contribution is -2.36. The summed E-state index contributed by atoms with van der Waals surface area (Å²) in [6, 6.07) is 9.86. The molecule has 2 aromatic rings. The van der Waals surface area contributed by atoms with E-state index >= 15 is 0 Å². The summed E-state index contributed by atoms with van der Waals surface area (Å²) in [6.45, 7) is 2.16. The number of carbonyl (C=O) groups excluding carboxylic acids is 1. The van der Waals surface area contributed by atoms with Crippen LogP contribution in [0.25, 0.3) is 0 Å². The Morgan fingerprint density at radius 1 is 1.16 bits per heavy atom. The van der Waals surface area contributed by atoms with Crippen molar-refractivity contribution >= 4 is 17.3 Å². The summed E-state index contributed by atoms with van der Waals surface area (Å²) in [5.41, 5.74) is 8.11. The molecule has 1 aromatic heterocycles. The van der Waals surface area contributed by atoms with E-state index in [0.29, 0.717) is 12.2 Å². The molecule has 1 aliphatic heterocycles. The number of nitrogens with one attached hydrogen (secondary N) is 2. The first-order valence-corrected chi connectivity index (χ1v) is 8.71. The van der Waals surface area contributed by atoms with Crippen LogP contribution < -0.4 is 16.6 Å². The maximum absolute atomic E-state index is 12.6. The number of aromatic amines is 1. The zero-order chi connectivity index (χ0) is 17.6. The van der Waals surface area contributed by atoms with Gasteiger partial charge in [-0.05, 0) is 24.8 Å². The fourth-order valence-corrected chi connectivity index (χ4v) is 3.14. The van der Waals surface area contributed by atoms with Crippen LogP contribution in [-0.4, -0.2) is 28.9 Å². The Hall–Kier alpha value is -2.76. The Labute approximate surface area is 147 Å². The molecule has 0 saturated carbocycles. The normalized spacial score (nSPS) is 14.3. The Kier molecular flexibility index (Phi) is 5.38. The van der Waals surface area contributed by atoms with Gasteiger partial charge in [-0.2, -0.15) is 0 Å². The van der Waals surface area contributed by atoms with Gasteiger partial charge in [-0.15, -0.1) is 0 Å². The van der Waals surface area contributed by atoms with E-state index in [4.69, 9.17) is 5.73 Å². The number of nitrogen functional groups attached to an aromatic ring is 1. The minimum absolute atomic E-state index is 0.0777. The number of nitrogens with two attached hydrogens (primary N) is 1. The number of benzene rings is 1. The van der Waals surface area contributed by atoms with Crippen molar-refractivity contribution in [2.24, 2.45) is 0 Å². The second-order valence-electron chi connectivity index (χ2n) is 6.39. The third kappa shape index (κ3) is 4.21. The molecule has 0 spiro atoms. The highest BCUT2D eigenvalue weighted by atomic mass is 16.2. The minimum atomic E-state index is -0.343. The van der Waals surface area contributed by atoms with Crippen LogP contribution in [0.2, 0.25) is 0 Å². The molecular weight excluding hydrogens is 316 g/mol. The van der Waals surface area contributed by atoms with Crippen molar-refractivity contribution in [1.29, 1.82) is 0 Å². The number of H-pyrrole nitrogens is 1. The Morgan fingerprint density at radius 3 is 2.60 bits per heavy atom. The molecular formula is C19H24N4O2. The van der Waals surface area contributed by atoms with Gasteiger partial charge in [-0.25, -0.2) is 0 Å². The van der Waals surface area contributed by atoms with Gasteiger partial charge >= 0.3 is 0 Å². The fraction of sp³-hybridized carbons (Fsp3) is 0.368. The smallest absolute Gasteiger partial charge is 0.273 e. The number of likely N-dealkylation sites (tertiary alicyclic amines) is 1. The summed E-state index contributed by atoms with van der Waals surface area (Å²) in [5, 5.41) is 3.23. The van der Waals surface area contributed by atoms with Crippen molar-refractivity contribution in [2.75, 3.05) is 24.1 Å². The maximum atomic E-state index is 12.6. The molecule has 1 saturated heterocycles. The summed E-state index contributed by atoms with van der Waals surface area (Å²) >= 11 is 0. The SMILES string of the molecule is Nc1c(NCc2ccccc2)c(CC(=O)N2CCCCC2)c[nH]c1=O. The van der Waals surface area contributed by atoms with E-state index < -0.39 is 0 Å². The lowest BCUT2D eigenvalue weighted by molar-refractivity contribution is -0.131. The minimum Gasteiger partial charge on any atom is -0.393 e. The standard InChI is InChI=1S/C19H24N4O2/c20-17-18(21-12-14-7-3-1-4-8-14)15(13-22-19(17)25)11-16(24)23-9-5-2-6-10-23/h1,3-4,7-8,13H,2,5-6,9-12,20H2,(H2,21,22,25). The number of pyridine rings is 1. The Bertz CT molecular complexity index is 780. The summed E-state index contributed by atoms with van der Waals surface area (Å²) in [5.74, 6) is 0.0777. The van der Waals surface area contributed by atoms with Crippen LogP contribution in [-0.2, 0) is 17.8 Å². The highest BCUT2D eigenvalue weighted by Gasteiger charge is 2.19. The predicted octanol–water partition coefficient (Wildman–Crippen LogP) is 2.12. The third-order valence-corrected chi connectivity index (χ3v) is 4.58. The number of carbonyl (C=O) groups is 1. The monoisotopic (exact) mass is 340 g/mol. The van der Waals surface area contributed by atoms with Crippen molar-refractivity contribution in [3.63, 3.8) is 0 Å². The number of rotatable bonds is 5. The average Bonchev–Trinajstić information content (AvgIpc) is 2.66. The first-order chi connectivity index (χ1) is 12.1. The van der Waals surface area contributed by atoms with E-state index in [1.165, 1.54) is 6.42 Å². The highest BCUT2D eigenvalue weighted by Crippen LogP contribution is 2.22. The van der Waals surface area contributed by atoms with Gasteiger partial charge in [0.25, 0.3) is 5.56 Å². The average molecular weight is 340 g/mol. The van der Waals surface area contributed by atoms with Gasteiger partial charge in [0.2, 0.25) is 5.91 Å². The Morgan fingerprint density at radius 2 is 1.88 bits per heavy atom. The molecule has 6 heteroatoms. The second kappa shape index (κ2) is 7.88. The first kappa shape index (κ1) is 17.1. The van der Waals surface area contributed by atoms with E-state index in [2.05, 4.69) is 10.3 Å². The Balaban J connectivity index is 1.77. The van der Waals surface area contributed by atoms with E-state index in [1.807, 2.05) is 35.2 Å². The van der Waals surface area contributed by atoms with Crippen molar-refractivity contribution in [3.8, 4) is 0 Å². The van der Waals surface area contributed by atoms with E-state index in [-0.39, 0.29) is 23.6 Å². The quantitative estimate of drug-likeness (QED) is 0.777. The third-order valence-electron chi connectivity index (χ3n) is 4.58. The van der Waals surface area contributed by atoms with Gasteiger partial charge in [0.15, 0.2) is 0 Å². The lowest BCUT2D eigenvalue weighted by Gasteiger charge is -2.27. The van der Waals surface area contributed by atoms with Gasteiger partial charge in [-0.3, -0.25) is 9.59 Å². The molecule has 1 amide bonds. The molecule has 6 nitrogen and oxygen atoms in total. The number of aromatic nitrogens is 1. The number of anilines is 2. The van der Waals surface area contributed by atoms with Crippen LogP contribution in [0, 0.1) is 0 Å². The zero-order valence-corrected chi connectivity index (χ0v) is 14.3. The molecule has 1 aliphatic rings. The number of piperidine rings is 1. The van der Waals surface area contributed by atoms with Crippen molar-refractivity contribution < 1.29 is 4.79 Å². The van der Waals surface area contributed by atoms with Crippen molar-refractivity contribution in [1.82, 2.24) is 9.88 Å². The molecule has 0 unspecified atom stereocenters. The van der Waals surface area contributed by atoms with Crippen molar-refractivity contribution in [2.45, 2.75) is 32.2 Å². The van der Waals surface area contributed by atoms with E-state index in [9.17, 15) is 9.59 Å².